The van der Waals surface area contributed by atoms with E-state index in [9.17, 15) is 9.59 Å². The predicted octanol–water partition coefficient (Wildman–Crippen LogP) is 5.46. The van der Waals surface area contributed by atoms with Crippen LogP contribution >= 0.6 is 0 Å². The van der Waals surface area contributed by atoms with Crippen LogP contribution < -0.4 is 10.6 Å². The summed E-state index contributed by atoms with van der Waals surface area (Å²) in [6.45, 7) is 19.5. The Morgan fingerprint density at radius 1 is 1.16 bits per heavy atom. The van der Waals surface area contributed by atoms with E-state index in [0.717, 1.165) is 22.3 Å². The SMILES string of the molecule is C=C/C=C\C(=C/C=C)C(=C)N/C(=N\C)[C@H](Cc1ccc(C)c(C)c1)NC(=O)C(C/C(C)=C/C)C(=O)OC. The molecule has 0 radical (unpaired) electrons. The zero-order chi connectivity index (χ0) is 28.0. The number of amides is 1. The van der Waals surface area contributed by atoms with Crippen molar-refractivity contribution in [2.24, 2.45) is 10.9 Å². The number of esters is 1. The summed E-state index contributed by atoms with van der Waals surface area (Å²) in [5, 5.41) is 6.30. The van der Waals surface area contributed by atoms with Crippen molar-refractivity contribution >= 4 is 17.7 Å². The van der Waals surface area contributed by atoms with Crippen LogP contribution in [-0.2, 0) is 20.7 Å². The number of carbonyl (C=O) groups is 2. The molecule has 0 saturated heterocycles. The molecule has 1 aromatic carbocycles. The number of nitrogens with one attached hydrogen (secondary N) is 2. The summed E-state index contributed by atoms with van der Waals surface area (Å²) in [6.07, 6.45) is 11.4. The van der Waals surface area contributed by atoms with Gasteiger partial charge < -0.3 is 15.4 Å². The van der Waals surface area contributed by atoms with Crippen LogP contribution in [-0.4, -0.2) is 37.9 Å². The smallest absolute Gasteiger partial charge is 0.318 e. The number of amidine groups is 1. The summed E-state index contributed by atoms with van der Waals surface area (Å²) in [5.41, 5.74) is 5.63. The van der Waals surface area contributed by atoms with Crippen molar-refractivity contribution < 1.29 is 14.3 Å². The topological polar surface area (TPSA) is 79.8 Å². The van der Waals surface area contributed by atoms with Gasteiger partial charge in [0.25, 0.3) is 0 Å². The number of hydrogen-bond acceptors (Lipinski definition) is 4. The van der Waals surface area contributed by atoms with Gasteiger partial charge in [-0.1, -0.05) is 80.0 Å². The highest BCUT2D eigenvalue weighted by molar-refractivity contribution is 6.01. The quantitative estimate of drug-likeness (QED) is 0.0935. The van der Waals surface area contributed by atoms with Gasteiger partial charge in [-0.3, -0.25) is 14.6 Å². The average Bonchev–Trinajstić information content (AvgIpc) is 2.88. The van der Waals surface area contributed by atoms with Crippen molar-refractivity contribution in [2.45, 2.75) is 46.6 Å². The number of hydrogen-bond donors (Lipinski definition) is 2. The van der Waals surface area contributed by atoms with E-state index in [-0.39, 0.29) is 6.42 Å². The Morgan fingerprint density at radius 2 is 1.86 bits per heavy atom. The highest BCUT2D eigenvalue weighted by atomic mass is 16.5. The summed E-state index contributed by atoms with van der Waals surface area (Å²) in [4.78, 5) is 30.4. The van der Waals surface area contributed by atoms with Crippen LogP contribution in [0.5, 0.6) is 0 Å². The maximum Gasteiger partial charge on any atom is 0.318 e. The van der Waals surface area contributed by atoms with E-state index in [1.165, 1.54) is 12.7 Å². The molecular formula is C31H41N3O3. The fraction of sp³-hybridized carbons (Fsp3) is 0.323. The first-order valence-electron chi connectivity index (χ1n) is 12.2. The fourth-order valence-corrected chi connectivity index (χ4v) is 3.60. The van der Waals surface area contributed by atoms with Crippen LogP contribution in [0.15, 0.2) is 96.2 Å². The van der Waals surface area contributed by atoms with Crippen molar-refractivity contribution in [2.75, 3.05) is 14.2 Å². The third-order valence-corrected chi connectivity index (χ3v) is 6.06. The third kappa shape index (κ3) is 9.92. The van der Waals surface area contributed by atoms with Crippen molar-refractivity contribution in [1.82, 2.24) is 10.6 Å². The van der Waals surface area contributed by atoms with Crippen LogP contribution in [0.1, 0.15) is 37.0 Å². The monoisotopic (exact) mass is 503 g/mol. The van der Waals surface area contributed by atoms with Gasteiger partial charge in [0.15, 0.2) is 0 Å². The van der Waals surface area contributed by atoms with E-state index in [1.54, 1.807) is 25.3 Å². The first-order valence-corrected chi connectivity index (χ1v) is 12.2. The second-order valence-corrected chi connectivity index (χ2v) is 8.76. The molecule has 0 bridgehead atoms. The number of allylic oxidation sites excluding steroid dienone is 7. The van der Waals surface area contributed by atoms with Gasteiger partial charge in [0.1, 0.15) is 11.8 Å². The molecule has 2 N–H and O–H groups in total. The lowest BCUT2D eigenvalue weighted by Crippen LogP contribution is -2.50. The largest absolute Gasteiger partial charge is 0.468 e. The van der Waals surface area contributed by atoms with Gasteiger partial charge in [-0.2, -0.15) is 0 Å². The van der Waals surface area contributed by atoms with Gasteiger partial charge in [-0.15, -0.1) is 0 Å². The van der Waals surface area contributed by atoms with Gasteiger partial charge in [0.2, 0.25) is 5.91 Å². The second-order valence-electron chi connectivity index (χ2n) is 8.76. The van der Waals surface area contributed by atoms with Gasteiger partial charge in [-0.05, 0) is 62.8 Å². The number of methoxy groups -OCH3 is 1. The molecule has 0 aromatic heterocycles. The van der Waals surface area contributed by atoms with E-state index in [4.69, 9.17) is 4.74 Å². The van der Waals surface area contributed by atoms with Crippen molar-refractivity contribution in [1.29, 1.82) is 0 Å². The predicted molar refractivity (Wildman–Crippen MR) is 154 cm³/mol. The van der Waals surface area contributed by atoms with Crippen molar-refractivity contribution in [3.63, 3.8) is 0 Å². The van der Waals surface area contributed by atoms with Gasteiger partial charge in [0, 0.05) is 12.7 Å². The first kappa shape index (κ1) is 31.1. The minimum absolute atomic E-state index is 0.267. The van der Waals surface area contributed by atoms with Crippen molar-refractivity contribution in [3.8, 4) is 0 Å². The molecule has 1 rings (SSSR count). The molecule has 6 nitrogen and oxygen atoms in total. The summed E-state index contributed by atoms with van der Waals surface area (Å²) in [7, 11) is 2.93. The number of ether oxygens (including phenoxy) is 1. The maximum atomic E-state index is 13.4. The molecule has 6 heteroatoms. The molecule has 0 fully saturated rings. The van der Waals surface area contributed by atoms with Crippen molar-refractivity contribution in [3.05, 3.63) is 108 Å². The molecule has 37 heavy (non-hydrogen) atoms. The number of carbonyl (C=O) groups excluding carboxylic acids is 2. The molecule has 0 aliphatic rings. The molecule has 0 saturated carbocycles. The molecule has 0 heterocycles. The zero-order valence-corrected chi connectivity index (χ0v) is 23.1. The van der Waals surface area contributed by atoms with E-state index in [2.05, 4.69) is 54.4 Å². The summed E-state index contributed by atoms with van der Waals surface area (Å²) < 4.78 is 4.94. The van der Waals surface area contributed by atoms with Gasteiger partial charge in [-0.25, -0.2) is 0 Å². The molecule has 0 aliphatic heterocycles. The zero-order valence-electron chi connectivity index (χ0n) is 23.1. The minimum atomic E-state index is -0.975. The standard InChI is InChI=1S/C31H41N3O3/c1-10-13-15-26(14-11-2)24(7)33-29(32-8)28(20-25-17-16-22(5)23(6)19-25)34-30(35)27(31(36)37-9)18-21(4)12-3/h10-17,19,27-28H,1-2,7,18,20H2,3-6,8-9H3,(H,32,33)(H,34,35)/b15-13-,21-12+,26-14+/t27?,28-/m0/s1. The second kappa shape index (κ2) is 15.9. The van der Waals surface area contributed by atoms with Gasteiger partial charge >= 0.3 is 5.97 Å². The molecular weight excluding hydrogens is 462 g/mol. The third-order valence-electron chi connectivity index (χ3n) is 6.06. The molecule has 1 aromatic rings. The Hall–Kier alpha value is -3.93. The number of rotatable bonds is 13. The first-order chi connectivity index (χ1) is 17.6. The Kier molecular flexibility index (Phi) is 13.4. The Labute approximate surface area is 222 Å². The Bertz CT molecular complexity index is 1120. The molecule has 0 spiro atoms. The van der Waals surface area contributed by atoms with Crippen LogP contribution in [0.2, 0.25) is 0 Å². The van der Waals surface area contributed by atoms with E-state index < -0.39 is 23.8 Å². The molecule has 198 valence electrons. The minimum Gasteiger partial charge on any atom is -0.468 e. The highest BCUT2D eigenvalue weighted by Gasteiger charge is 2.31. The normalized spacial score (nSPS) is 14.1. The molecule has 1 amide bonds. The lowest BCUT2D eigenvalue weighted by molar-refractivity contribution is -0.150. The highest BCUT2D eigenvalue weighted by Crippen LogP contribution is 2.17. The average molecular weight is 504 g/mol. The van der Waals surface area contributed by atoms with E-state index in [0.29, 0.717) is 18.0 Å². The van der Waals surface area contributed by atoms with E-state index >= 15 is 0 Å². The van der Waals surface area contributed by atoms with Gasteiger partial charge in [0.05, 0.1) is 13.2 Å². The summed E-state index contributed by atoms with van der Waals surface area (Å²) in [6, 6.07) is 5.62. The van der Waals surface area contributed by atoms with Crippen LogP contribution in [0.4, 0.5) is 0 Å². The number of benzene rings is 1. The lowest BCUT2D eigenvalue weighted by atomic mass is 9.96. The Morgan fingerprint density at radius 3 is 2.41 bits per heavy atom. The van der Waals surface area contributed by atoms with Crippen LogP contribution in [0, 0.1) is 19.8 Å². The summed E-state index contributed by atoms with van der Waals surface area (Å²) in [5.74, 6) is -1.48. The number of aryl methyl sites for hydroxylation is 2. The number of aliphatic imine (C=N–C) groups is 1. The van der Waals surface area contributed by atoms with E-state index in [1.807, 2.05) is 45.1 Å². The maximum absolute atomic E-state index is 13.4. The lowest BCUT2D eigenvalue weighted by Gasteiger charge is -2.25. The fourth-order valence-electron chi connectivity index (χ4n) is 3.60. The summed E-state index contributed by atoms with van der Waals surface area (Å²) >= 11 is 0. The molecule has 0 aliphatic carbocycles. The molecule has 2 atom stereocenters. The number of nitrogens with zero attached hydrogens (tertiary/aromatic N) is 1. The van der Waals surface area contributed by atoms with Crippen LogP contribution in [0.3, 0.4) is 0 Å². The van der Waals surface area contributed by atoms with Crippen LogP contribution in [0.25, 0.3) is 0 Å². The molecule has 1 unspecified atom stereocenters. The Balaban J connectivity index is 3.40.